The van der Waals surface area contributed by atoms with Gasteiger partial charge < -0.3 is 4.40 Å². The summed E-state index contributed by atoms with van der Waals surface area (Å²) in [5.74, 6) is 0.667. The van der Waals surface area contributed by atoms with Crippen molar-refractivity contribution in [2.75, 3.05) is 0 Å². The van der Waals surface area contributed by atoms with E-state index in [0.29, 0.717) is 5.95 Å². The Morgan fingerprint density at radius 1 is 0.352 bits per heavy atom. The molecule has 0 aliphatic carbocycles. The fraction of sp³-hybridized carbons (Fsp3) is 0. The first-order chi connectivity index (χ1) is 26.8. The molecule has 0 bridgehead atoms. The van der Waals surface area contributed by atoms with Crippen LogP contribution in [0.5, 0.6) is 0 Å². The van der Waals surface area contributed by atoms with Gasteiger partial charge in [0, 0.05) is 43.3 Å². The maximum Gasteiger partial charge on any atom is 0.235 e. The summed E-state index contributed by atoms with van der Waals surface area (Å²) in [4.78, 5) is 11.0. The Kier molecular flexibility index (Phi) is 5.34. The van der Waals surface area contributed by atoms with E-state index in [1.165, 1.54) is 81.2 Å². The van der Waals surface area contributed by atoms with Crippen molar-refractivity contribution >= 4 is 103 Å². The van der Waals surface area contributed by atoms with Gasteiger partial charge in [-0.15, -0.1) is 0 Å². The van der Waals surface area contributed by atoms with Gasteiger partial charge in [0.05, 0.1) is 38.8 Å². The van der Waals surface area contributed by atoms with Crippen molar-refractivity contribution in [1.82, 2.24) is 18.9 Å². The maximum atomic E-state index is 5.63. The second-order valence-electron chi connectivity index (χ2n) is 14.5. The Bertz CT molecular complexity index is 3740. The van der Waals surface area contributed by atoms with Crippen molar-refractivity contribution in [3.05, 3.63) is 170 Å². The molecule has 0 aliphatic rings. The minimum absolute atomic E-state index is 0.667. The number of hydrogen-bond acceptors (Lipinski definition) is 2. The van der Waals surface area contributed by atoms with Crippen molar-refractivity contribution in [1.29, 1.82) is 0 Å². The summed E-state index contributed by atoms with van der Waals surface area (Å²) >= 11 is 0. The van der Waals surface area contributed by atoms with E-state index in [1.54, 1.807) is 0 Å². The van der Waals surface area contributed by atoms with E-state index in [4.69, 9.17) is 9.97 Å². The molecule has 248 valence electrons. The van der Waals surface area contributed by atoms with Crippen molar-refractivity contribution in [2.24, 2.45) is 0 Å². The maximum absolute atomic E-state index is 5.63. The predicted octanol–water partition coefficient (Wildman–Crippen LogP) is 13.0. The van der Waals surface area contributed by atoms with E-state index in [1.807, 2.05) is 0 Å². The van der Waals surface area contributed by atoms with E-state index in [-0.39, 0.29) is 0 Å². The van der Waals surface area contributed by atoms with Gasteiger partial charge >= 0.3 is 0 Å². The minimum atomic E-state index is 0.667. The average molecular weight is 685 g/mol. The number of hydrogen-bond donors (Lipinski definition) is 0. The summed E-state index contributed by atoms with van der Waals surface area (Å²) in [5.41, 5.74) is 8.84. The fourth-order valence-corrected chi connectivity index (χ4v) is 9.60. The van der Waals surface area contributed by atoms with Gasteiger partial charge in [-0.05, 0) is 68.7 Å². The quantitative estimate of drug-likeness (QED) is 0.170. The standard InChI is InChI=1S/C50H28N4/c1-4-16-32-29(13-1)25-26-44-45(32)40-28-39-35-19-8-11-23-42(35)54(48(39)46-37-21-9-12-24-43(37)53(44)49(40)46)50-51-41-22-10-7-20-36(41)47(52-50)38-27-30-14-2-3-15-31(30)33-17-5-6-18-34(33)38/h1-28H. The number of aromatic nitrogens is 4. The Morgan fingerprint density at radius 2 is 1.00 bits per heavy atom. The topological polar surface area (TPSA) is 35.1 Å². The fourth-order valence-electron chi connectivity index (χ4n) is 9.60. The largest absolute Gasteiger partial charge is 0.308 e. The highest BCUT2D eigenvalue weighted by molar-refractivity contribution is 6.36. The molecule has 0 radical (unpaired) electrons. The van der Waals surface area contributed by atoms with Gasteiger partial charge in [-0.1, -0.05) is 133 Å². The molecule has 54 heavy (non-hydrogen) atoms. The predicted molar refractivity (Wildman–Crippen MR) is 226 cm³/mol. The van der Waals surface area contributed by atoms with Gasteiger partial charge in [-0.25, -0.2) is 9.97 Å². The minimum Gasteiger partial charge on any atom is -0.308 e. The molecular formula is C50H28N4. The highest BCUT2D eigenvalue weighted by Crippen LogP contribution is 2.48. The molecule has 0 saturated carbocycles. The second-order valence-corrected chi connectivity index (χ2v) is 14.5. The number of fused-ring (bicyclic) bond motifs is 16. The van der Waals surface area contributed by atoms with Crippen molar-refractivity contribution in [2.45, 2.75) is 0 Å². The van der Waals surface area contributed by atoms with Crippen LogP contribution in [-0.2, 0) is 0 Å². The number of benzene rings is 9. The van der Waals surface area contributed by atoms with Crippen LogP contribution < -0.4 is 0 Å². The summed E-state index contributed by atoms with van der Waals surface area (Å²) in [6.07, 6.45) is 0. The zero-order valence-electron chi connectivity index (χ0n) is 29.0. The SMILES string of the molecule is c1ccc2c(c1)cc(-c1nc(-n3c4ccccc4c4cc5c6c7ccccc7ccc6n6c7ccccc7c(c43)c56)nc3ccccc13)c1ccccc12. The van der Waals surface area contributed by atoms with Crippen LogP contribution in [0.25, 0.3) is 120 Å². The van der Waals surface area contributed by atoms with Crippen molar-refractivity contribution < 1.29 is 0 Å². The first-order valence-electron chi connectivity index (χ1n) is 18.5. The molecule has 13 rings (SSSR count). The van der Waals surface area contributed by atoms with Crippen LogP contribution in [0.1, 0.15) is 0 Å². The lowest BCUT2D eigenvalue weighted by molar-refractivity contribution is 1.02. The summed E-state index contributed by atoms with van der Waals surface area (Å²) in [6, 6.07) is 61.5. The highest BCUT2D eigenvalue weighted by Gasteiger charge is 2.26. The molecule has 0 atom stereocenters. The number of nitrogens with zero attached hydrogens (tertiary/aromatic N) is 4. The van der Waals surface area contributed by atoms with Crippen LogP contribution in [0.15, 0.2) is 170 Å². The summed E-state index contributed by atoms with van der Waals surface area (Å²) < 4.78 is 4.82. The van der Waals surface area contributed by atoms with Gasteiger partial charge in [0.15, 0.2) is 0 Å². The van der Waals surface area contributed by atoms with Crippen LogP contribution in [-0.4, -0.2) is 18.9 Å². The number of rotatable bonds is 2. The van der Waals surface area contributed by atoms with E-state index in [0.717, 1.165) is 33.2 Å². The second kappa shape index (κ2) is 10.2. The average Bonchev–Trinajstić information content (AvgIpc) is 3.88. The van der Waals surface area contributed by atoms with Gasteiger partial charge in [0.25, 0.3) is 0 Å². The zero-order valence-corrected chi connectivity index (χ0v) is 29.0. The summed E-state index contributed by atoms with van der Waals surface area (Å²) in [6.45, 7) is 0. The Balaban J connectivity index is 1.24. The van der Waals surface area contributed by atoms with E-state index in [2.05, 4.69) is 179 Å². The first-order valence-corrected chi connectivity index (χ1v) is 18.5. The van der Waals surface area contributed by atoms with Crippen LogP contribution in [0.2, 0.25) is 0 Å². The van der Waals surface area contributed by atoms with Crippen LogP contribution in [0.3, 0.4) is 0 Å². The third-order valence-corrected chi connectivity index (χ3v) is 11.8. The molecule has 4 heterocycles. The molecule has 0 aliphatic heterocycles. The Hall–Kier alpha value is -7.30. The first kappa shape index (κ1) is 28.3. The lowest BCUT2D eigenvalue weighted by atomic mass is 9.94. The zero-order chi connectivity index (χ0) is 35.1. The summed E-state index contributed by atoms with van der Waals surface area (Å²) in [5, 5.41) is 15.8. The molecule has 4 aromatic heterocycles. The molecular weight excluding hydrogens is 657 g/mol. The van der Waals surface area contributed by atoms with Crippen LogP contribution in [0.4, 0.5) is 0 Å². The van der Waals surface area contributed by atoms with Crippen LogP contribution >= 0.6 is 0 Å². The summed E-state index contributed by atoms with van der Waals surface area (Å²) in [7, 11) is 0. The highest BCUT2D eigenvalue weighted by atomic mass is 15.2. The van der Waals surface area contributed by atoms with Gasteiger partial charge in [-0.3, -0.25) is 4.57 Å². The smallest absolute Gasteiger partial charge is 0.235 e. The monoisotopic (exact) mass is 684 g/mol. The van der Waals surface area contributed by atoms with Crippen LogP contribution in [0, 0.1) is 0 Å². The molecule has 4 nitrogen and oxygen atoms in total. The molecule has 0 amide bonds. The Labute approximate surface area is 308 Å². The molecule has 0 spiro atoms. The third kappa shape index (κ3) is 3.52. The Morgan fingerprint density at radius 3 is 1.85 bits per heavy atom. The number of para-hydroxylation sites is 3. The molecule has 0 saturated heterocycles. The third-order valence-electron chi connectivity index (χ3n) is 11.8. The lowest BCUT2D eigenvalue weighted by Crippen LogP contribution is -2.04. The van der Waals surface area contributed by atoms with Gasteiger partial charge in [0.1, 0.15) is 0 Å². The molecule has 9 aromatic carbocycles. The molecule has 0 unspecified atom stereocenters. The van der Waals surface area contributed by atoms with Gasteiger partial charge in [-0.2, -0.15) is 0 Å². The normalized spacial score (nSPS) is 12.4. The van der Waals surface area contributed by atoms with E-state index in [9.17, 15) is 0 Å². The molecule has 0 fully saturated rings. The molecule has 4 heteroatoms. The van der Waals surface area contributed by atoms with E-state index >= 15 is 0 Å². The van der Waals surface area contributed by atoms with Gasteiger partial charge in [0.2, 0.25) is 5.95 Å². The van der Waals surface area contributed by atoms with Crippen molar-refractivity contribution in [3.8, 4) is 17.2 Å². The molecule has 13 aromatic rings. The van der Waals surface area contributed by atoms with Crippen molar-refractivity contribution in [3.63, 3.8) is 0 Å². The van der Waals surface area contributed by atoms with E-state index < -0.39 is 0 Å². The lowest BCUT2D eigenvalue weighted by Gasteiger charge is -2.15. The molecule has 0 N–H and O–H groups in total.